The third-order valence-corrected chi connectivity index (χ3v) is 2.83. The number of aliphatic carboxylic acids is 5. The van der Waals surface area contributed by atoms with Crippen LogP contribution >= 0.6 is 0 Å². The lowest BCUT2D eigenvalue weighted by Gasteiger charge is -2.02. The van der Waals surface area contributed by atoms with E-state index in [-0.39, 0.29) is 12.8 Å². The maximum Gasteiger partial charge on any atom is 0.372 e. The van der Waals surface area contributed by atoms with E-state index in [1.165, 1.54) is 0 Å². The smallest absolute Gasteiger partial charge is 0.372 e. The van der Waals surface area contributed by atoms with E-state index in [2.05, 4.69) is 0 Å². The van der Waals surface area contributed by atoms with Gasteiger partial charge in [-0.15, -0.1) is 0 Å². The van der Waals surface area contributed by atoms with Gasteiger partial charge in [0.15, 0.2) is 0 Å². The molecule has 2 atom stereocenters. The van der Waals surface area contributed by atoms with Gasteiger partial charge in [-0.25, -0.2) is 4.79 Å². The number of carbonyl (C=O) groups is 6. The molecule has 0 aromatic rings. The van der Waals surface area contributed by atoms with Gasteiger partial charge in [0, 0.05) is 12.8 Å². The van der Waals surface area contributed by atoms with Crippen molar-refractivity contribution in [3.8, 4) is 0 Å². The average Bonchev–Trinajstić information content (AvgIpc) is 2.62. The van der Waals surface area contributed by atoms with Crippen molar-refractivity contribution in [2.75, 3.05) is 6.54 Å². The topological polar surface area (TPSA) is 282 Å². The lowest BCUT2D eigenvalue weighted by Crippen LogP contribution is -2.30. The first-order valence-electron chi connectivity index (χ1n) is 8.12. The maximum absolute atomic E-state index is 10.2. The molecular formula is C15H27N3O11. The minimum absolute atomic E-state index is 0.0231. The van der Waals surface area contributed by atoms with Crippen molar-refractivity contribution in [2.24, 2.45) is 17.2 Å². The molecule has 0 aliphatic heterocycles. The van der Waals surface area contributed by atoms with Crippen LogP contribution < -0.4 is 17.2 Å². The molecule has 0 aromatic heterocycles. The molecular weight excluding hydrogens is 398 g/mol. The predicted octanol–water partition coefficient (Wildman–Crippen LogP) is -2.09. The second-order valence-corrected chi connectivity index (χ2v) is 5.37. The van der Waals surface area contributed by atoms with E-state index in [1.54, 1.807) is 0 Å². The lowest BCUT2D eigenvalue weighted by molar-refractivity contribution is -0.150. The highest BCUT2D eigenvalue weighted by molar-refractivity contribution is 6.32. The van der Waals surface area contributed by atoms with Gasteiger partial charge in [0.25, 0.3) is 0 Å². The Balaban J connectivity index is -0.000000350. The van der Waals surface area contributed by atoms with Crippen molar-refractivity contribution in [1.82, 2.24) is 0 Å². The van der Waals surface area contributed by atoms with Crippen LogP contribution in [0.1, 0.15) is 38.5 Å². The van der Waals surface area contributed by atoms with Gasteiger partial charge in [0.1, 0.15) is 12.1 Å². The number of hydrogen-bond donors (Lipinski definition) is 8. The first-order chi connectivity index (χ1) is 13.3. The van der Waals surface area contributed by atoms with E-state index < -0.39 is 60.6 Å². The second-order valence-electron chi connectivity index (χ2n) is 5.37. The first-order valence-corrected chi connectivity index (χ1v) is 8.12. The molecule has 0 spiro atoms. The molecule has 168 valence electrons. The number of Topliss-reactive ketones (excluding diaryl/α,β-unsaturated/α-hetero) is 1. The average molecular weight is 425 g/mol. The van der Waals surface area contributed by atoms with Crippen molar-refractivity contribution < 1.29 is 54.3 Å². The molecule has 0 radical (unpaired) electrons. The summed E-state index contributed by atoms with van der Waals surface area (Å²) >= 11 is 0. The van der Waals surface area contributed by atoms with Gasteiger partial charge in [-0.2, -0.15) is 0 Å². The van der Waals surface area contributed by atoms with Crippen molar-refractivity contribution in [3.63, 3.8) is 0 Å². The fourth-order valence-electron chi connectivity index (χ4n) is 1.19. The third kappa shape index (κ3) is 24.9. The summed E-state index contributed by atoms with van der Waals surface area (Å²) in [5.41, 5.74) is 15.3. The van der Waals surface area contributed by atoms with Crippen LogP contribution in [0.4, 0.5) is 0 Å². The van der Waals surface area contributed by atoms with Crippen molar-refractivity contribution in [3.05, 3.63) is 0 Å². The van der Waals surface area contributed by atoms with E-state index in [4.69, 9.17) is 42.7 Å². The van der Waals surface area contributed by atoms with Crippen LogP contribution in [-0.2, 0) is 28.8 Å². The molecule has 0 saturated carbocycles. The summed E-state index contributed by atoms with van der Waals surface area (Å²) in [6.45, 7) is 0.501. The standard InChI is InChI=1S/C5H12N2O2.C5H9NO4.C5H6O5/c6-3-1-2-4(7)5(8)9;2*6-3(5(9)10)1-2-4(7)8/h4H,1-3,6-7H2,(H,8,9);3H,1-2,6H2,(H,7,8)(H,9,10);1-2H2,(H,7,8)(H,9,10). The summed E-state index contributed by atoms with van der Waals surface area (Å²) in [6, 6.07) is -1.80. The number of nitrogens with two attached hydrogens (primary N) is 3. The molecule has 0 saturated heterocycles. The number of carbonyl (C=O) groups excluding carboxylic acids is 1. The minimum Gasteiger partial charge on any atom is -0.481 e. The van der Waals surface area contributed by atoms with Crippen LogP contribution in [0, 0.1) is 0 Å². The molecule has 14 nitrogen and oxygen atoms in total. The van der Waals surface area contributed by atoms with Gasteiger partial charge in [-0.05, 0) is 25.8 Å². The molecule has 14 heteroatoms. The molecule has 0 rings (SSSR count). The van der Waals surface area contributed by atoms with Crippen LogP contribution in [-0.4, -0.2) is 79.8 Å². The molecule has 0 amide bonds. The van der Waals surface area contributed by atoms with Gasteiger partial charge < -0.3 is 42.7 Å². The lowest BCUT2D eigenvalue weighted by atomic mass is 10.2. The highest BCUT2D eigenvalue weighted by Crippen LogP contribution is 1.93. The highest BCUT2D eigenvalue weighted by atomic mass is 16.4. The van der Waals surface area contributed by atoms with Gasteiger partial charge >= 0.3 is 29.8 Å². The van der Waals surface area contributed by atoms with Gasteiger partial charge in [-0.1, -0.05) is 0 Å². The monoisotopic (exact) mass is 425 g/mol. The summed E-state index contributed by atoms with van der Waals surface area (Å²) in [5.74, 6) is -6.97. The Hall–Kier alpha value is -3.10. The molecule has 29 heavy (non-hydrogen) atoms. The van der Waals surface area contributed by atoms with E-state index >= 15 is 0 Å². The molecule has 0 bridgehead atoms. The van der Waals surface area contributed by atoms with Gasteiger partial charge in [0.05, 0.1) is 6.42 Å². The van der Waals surface area contributed by atoms with Crippen LogP contribution in [0.3, 0.4) is 0 Å². The SMILES string of the molecule is NC(CCC(=O)O)C(=O)O.NCCCC(N)C(=O)O.O=C(O)CCC(=O)C(=O)O. The Morgan fingerprint density at radius 2 is 1.07 bits per heavy atom. The van der Waals surface area contributed by atoms with Crippen molar-refractivity contribution in [1.29, 1.82) is 0 Å². The van der Waals surface area contributed by atoms with Crippen LogP contribution in [0.5, 0.6) is 0 Å². The number of carboxylic acid groups (broad SMARTS) is 5. The number of rotatable bonds is 12. The van der Waals surface area contributed by atoms with E-state index in [0.29, 0.717) is 19.4 Å². The van der Waals surface area contributed by atoms with Crippen LogP contribution in [0.15, 0.2) is 0 Å². The highest BCUT2D eigenvalue weighted by Gasteiger charge is 2.13. The summed E-state index contributed by atoms with van der Waals surface area (Å²) in [4.78, 5) is 59.6. The van der Waals surface area contributed by atoms with E-state index in [9.17, 15) is 28.8 Å². The van der Waals surface area contributed by atoms with Crippen LogP contribution in [0.2, 0.25) is 0 Å². The normalized spacial score (nSPS) is 11.4. The fourth-order valence-corrected chi connectivity index (χ4v) is 1.19. The Bertz CT molecular complexity index is 566. The summed E-state index contributed by atoms with van der Waals surface area (Å²) < 4.78 is 0. The minimum atomic E-state index is -1.58. The molecule has 0 aromatic carbocycles. The largest absolute Gasteiger partial charge is 0.481 e. The van der Waals surface area contributed by atoms with Crippen LogP contribution in [0.25, 0.3) is 0 Å². The van der Waals surface area contributed by atoms with E-state index in [1.807, 2.05) is 0 Å². The zero-order valence-electron chi connectivity index (χ0n) is 15.5. The maximum atomic E-state index is 10.2. The Morgan fingerprint density at radius 1 is 0.655 bits per heavy atom. The third-order valence-electron chi connectivity index (χ3n) is 2.83. The summed E-state index contributed by atoms with van der Waals surface area (Å²) in [5, 5.41) is 40.5. The predicted molar refractivity (Wildman–Crippen MR) is 95.9 cm³/mol. The van der Waals surface area contributed by atoms with Gasteiger partial charge in [-0.3, -0.25) is 24.0 Å². The molecule has 0 heterocycles. The Labute approximate surface area is 165 Å². The zero-order valence-corrected chi connectivity index (χ0v) is 15.5. The molecule has 11 N–H and O–H groups in total. The zero-order chi connectivity index (χ0) is 23.6. The first kappa shape index (κ1) is 30.6. The van der Waals surface area contributed by atoms with Gasteiger partial charge in [0.2, 0.25) is 5.78 Å². The molecule has 0 aliphatic carbocycles. The second kappa shape index (κ2) is 18.3. The summed E-state index contributed by atoms with van der Waals surface area (Å²) in [6.07, 6.45) is 0.0488. The van der Waals surface area contributed by atoms with Crippen molar-refractivity contribution in [2.45, 2.75) is 50.6 Å². The van der Waals surface area contributed by atoms with E-state index in [0.717, 1.165) is 0 Å². The molecule has 2 unspecified atom stereocenters. The molecule has 0 fully saturated rings. The number of carboxylic acids is 5. The molecule has 0 aliphatic rings. The summed E-state index contributed by atoms with van der Waals surface area (Å²) in [7, 11) is 0. The van der Waals surface area contributed by atoms with Crippen molar-refractivity contribution >= 4 is 35.6 Å². The Kier molecular flexibility index (Phi) is 19.3. The fraction of sp³-hybridized carbons (Fsp3) is 0.600. The Morgan fingerprint density at radius 3 is 1.38 bits per heavy atom. The quantitative estimate of drug-likeness (QED) is 0.155. The number of ketones is 1. The number of hydrogen-bond acceptors (Lipinski definition) is 9.